The minimum absolute atomic E-state index is 0.348. The summed E-state index contributed by atoms with van der Waals surface area (Å²) in [6.45, 7) is 0. The molecule has 17 heavy (non-hydrogen) atoms. The SMILES string of the molecule is CSc1cc(-c2cnoc2N)cc(Br)c1SC. The van der Waals surface area contributed by atoms with Gasteiger partial charge in [0.1, 0.15) is 0 Å². The minimum atomic E-state index is 0.348. The number of benzene rings is 1. The van der Waals surface area contributed by atoms with E-state index in [1.807, 2.05) is 6.07 Å². The monoisotopic (exact) mass is 330 g/mol. The third-order valence-electron chi connectivity index (χ3n) is 2.34. The zero-order valence-electron chi connectivity index (χ0n) is 9.36. The lowest BCUT2D eigenvalue weighted by Gasteiger charge is -2.09. The van der Waals surface area contributed by atoms with E-state index in [9.17, 15) is 0 Å². The molecule has 0 aliphatic carbocycles. The lowest BCUT2D eigenvalue weighted by Crippen LogP contribution is -1.87. The third kappa shape index (κ3) is 2.48. The van der Waals surface area contributed by atoms with Crippen LogP contribution in [-0.2, 0) is 0 Å². The van der Waals surface area contributed by atoms with Crippen LogP contribution in [0.4, 0.5) is 5.88 Å². The van der Waals surface area contributed by atoms with Gasteiger partial charge in [0, 0.05) is 14.3 Å². The Kier molecular flexibility index (Phi) is 4.06. The van der Waals surface area contributed by atoms with Gasteiger partial charge in [0.05, 0.1) is 11.8 Å². The first-order valence-electron chi connectivity index (χ1n) is 4.79. The van der Waals surface area contributed by atoms with Crippen molar-refractivity contribution in [3.63, 3.8) is 0 Å². The van der Waals surface area contributed by atoms with E-state index in [2.05, 4.69) is 39.7 Å². The second-order valence-electron chi connectivity index (χ2n) is 3.30. The van der Waals surface area contributed by atoms with Gasteiger partial charge in [-0.2, -0.15) is 0 Å². The Bertz CT molecular complexity index is 542. The highest BCUT2D eigenvalue weighted by Crippen LogP contribution is 2.39. The summed E-state index contributed by atoms with van der Waals surface area (Å²) in [6, 6.07) is 4.14. The van der Waals surface area contributed by atoms with E-state index in [-0.39, 0.29) is 0 Å². The molecule has 0 unspecified atom stereocenters. The summed E-state index contributed by atoms with van der Waals surface area (Å²) < 4.78 is 5.95. The number of hydrogen-bond acceptors (Lipinski definition) is 5. The molecule has 0 saturated carbocycles. The van der Waals surface area contributed by atoms with Gasteiger partial charge in [-0.3, -0.25) is 0 Å². The molecule has 1 aromatic carbocycles. The molecular formula is C11H11BrN2OS2. The van der Waals surface area contributed by atoms with E-state index in [1.54, 1.807) is 29.7 Å². The zero-order valence-corrected chi connectivity index (χ0v) is 12.6. The smallest absolute Gasteiger partial charge is 0.229 e. The van der Waals surface area contributed by atoms with Crippen LogP contribution in [0.3, 0.4) is 0 Å². The minimum Gasteiger partial charge on any atom is -0.367 e. The number of halogens is 1. The van der Waals surface area contributed by atoms with E-state index < -0.39 is 0 Å². The number of hydrogen-bond donors (Lipinski definition) is 1. The van der Waals surface area contributed by atoms with Crippen molar-refractivity contribution in [2.24, 2.45) is 0 Å². The van der Waals surface area contributed by atoms with Crippen molar-refractivity contribution in [2.45, 2.75) is 9.79 Å². The Labute approximate surface area is 117 Å². The molecule has 0 bridgehead atoms. The number of rotatable bonds is 3. The molecule has 0 fully saturated rings. The predicted octanol–water partition coefficient (Wildman–Crippen LogP) is 4.13. The first kappa shape index (κ1) is 12.9. The first-order valence-corrected chi connectivity index (χ1v) is 8.03. The summed E-state index contributed by atoms with van der Waals surface area (Å²) >= 11 is 7.01. The summed E-state index contributed by atoms with van der Waals surface area (Å²) in [4.78, 5) is 2.44. The van der Waals surface area contributed by atoms with Gasteiger partial charge in [-0.15, -0.1) is 23.5 Å². The number of thioether (sulfide) groups is 2. The summed E-state index contributed by atoms with van der Waals surface area (Å²) in [6.07, 6.45) is 5.76. The molecule has 6 heteroatoms. The standard InChI is InChI=1S/C11H11BrN2OS2/c1-16-9-4-6(3-8(12)10(9)17-2)7-5-14-15-11(7)13/h3-5H,13H2,1-2H3. The quantitative estimate of drug-likeness (QED) is 0.857. The zero-order chi connectivity index (χ0) is 12.4. The topological polar surface area (TPSA) is 52.0 Å². The molecule has 0 spiro atoms. The predicted molar refractivity (Wildman–Crippen MR) is 77.6 cm³/mol. The second kappa shape index (κ2) is 5.37. The highest BCUT2D eigenvalue weighted by Gasteiger charge is 2.12. The van der Waals surface area contributed by atoms with Crippen LogP contribution in [0, 0.1) is 0 Å². The number of nitrogens with two attached hydrogens (primary N) is 1. The maximum Gasteiger partial charge on any atom is 0.229 e. The lowest BCUT2D eigenvalue weighted by molar-refractivity contribution is 0.436. The van der Waals surface area contributed by atoms with Gasteiger partial charge in [-0.1, -0.05) is 5.16 Å². The number of anilines is 1. The van der Waals surface area contributed by atoms with Crippen LogP contribution in [-0.4, -0.2) is 17.7 Å². The van der Waals surface area contributed by atoms with Crippen molar-refractivity contribution < 1.29 is 4.52 Å². The van der Waals surface area contributed by atoms with Crippen LogP contribution >= 0.6 is 39.5 Å². The molecule has 0 saturated heterocycles. The van der Waals surface area contributed by atoms with Crippen LogP contribution in [0.1, 0.15) is 0 Å². The Morgan fingerprint density at radius 1 is 1.29 bits per heavy atom. The number of nitrogen functional groups attached to an aromatic ring is 1. The van der Waals surface area contributed by atoms with Crippen molar-refractivity contribution in [1.82, 2.24) is 5.16 Å². The van der Waals surface area contributed by atoms with Crippen LogP contribution in [0.15, 0.2) is 37.1 Å². The highest BCUT2D eigenvalue weighted by atomic mass is 79.9. The molecule has 0 aliphatic rings. The van der Waals surface area contributed by atoms with E-state index in [4.69, 9.17) is 10.3 Å². The molecule has 0 atom stereocenters. The molecule has 90 valence electrons. The average Bonchev–Trinajstić information content (AvgIpc) is 2.74. The maximum atomic E-state index is 5.73. The summed E-state index contributed by atoms with van der Waals surface area (Å²) in [5.41, 5.74) is 7.57. The summed E-state index contributed by atoms with van der Waals surface area (Å²) in [7, 11) is 0. The Hall–Kier alpha value is -0.590. The van der Waals surface area contributed by atoms with Crippen molar-refractivity contribution >= 4 is 45.3 Å². The van der Waals surface area contributed by atoms with Crippen molar-refractivity contribution in [3.8, 4) is 11.1 Å². The van der Waals surface area contributed by atoms with Gasteiger partial charge in [-0.05, 0) is 46.1 Å². The normalized spacial score (nSPS) is 10.8. The largest absolute Gasteiger partial charge is 0.367 e. The molecule has 2 aromatic rings. The fourth-order valence-electron chi connectivity index (χ4n) is 1.54. The number of aromatic nitrogens is 1. The van der Waals surface area contributed by atoms with Crippen LogP contribution < -0.4 is 5.73 Å². The average molecular weight is 331 g/mol. The molecule has 0 aliphatic heterocycles. The van der Waals surface area contributed by atoms with Crippen molar-refractivity contribution in [1.29, 1.82) is 0 Å². The molecule has 1 heterocycles. The van der Waals surface area contributed by atoms with Crippen LogP contribution in [0.25, 0.3) is 11.1 Å². The first-order chi connectivity index (χ1) is 8.17. The fraction of sp³-hybridized carbons (Fsp3) is 0.182. The fourth-order valence-corrected chi connectivity index (χ4v) is 4.17. The van der Waals surface area contributed by atoms with Gasteiger partial charge in [0.25, 0.3) is 0 Å². The highest BCUT2D eigenvalue weighted by molar-refractivity contribution is 9.10. The Morgan fingerprint density at radius 2 is 2.06 bits per heavy atom. The van der Waals surface area contributed by atoms with Gasteiger partial charge in [-0.25, -0.2) is 0 Å². The molecule has 2 rings (SSSR count). The van der Waals surface area contributed by atoms with Crippen molar-refractivity contribution in [2.75, 3.05) is 18.2 Å². The van der Waals surface area contributed by atoms with E-state index in [0.29, 0.717) is 5.88 Å². The summed E-state index contributed by atoms with van der Waals surface area (Å²) in [5.74, 6) is 0.348. The van der Waals surface area contributed by atoms with Gasteiger partial charge < -0.3 is 10.3 Å². The van der Waals surface area contributed by atoms with Gasteiger partial charge >= 0.3 is 0 Å². The van der Waals surface area contributed by atoms with Crippen LogP contribution in [0.2, 0.25) is 0 Å². The van der Waals surface area contributed by atoms with Gasteiger partial charge in [0.2, 0.25) is 5.88 Å². The third-order valence-corrected chi connectivity index (χ3v) is 4.97. The van der Waals surface area contributed by atoms with Gasteiger partial charge in [0.15, 0.2) is 0 Å². The molecule has 3 nitrogen and oxygen atoms in total. The maximum absolute atomic E-state index is 5.73. The second-order valence-corrected chi connectivity index (χ2v) is 5.82. The van der Waals surface area contributed by atoms with E-state index >= 15 is 0 Å². The van der Waals surface area contributed by atoms with E-state index in [0.717, 1.165) is 15.6 Å². The molecular weight excluding hydrogens is 320 g/mol. The molecule has 2 N–H and O–H groups in total. The van der Waals surface area contributed by atoms with Crippen LogP contribution in [0.5, 0.6) is 0 Å². The van der Waals surface area contributed by atoms with Crippen molar-refractivity contribution in [3.05, 3.63) is 22.8 Å². The molecule has 0 radical (unpaired) electrons. The lowest BCUT2D eigenvalue weighted by atomic mass is 10.1. The molecule has 1 aromatic heterocycles. The Morgan fingerprint density at radius 3 is 2.59 bits per heavy atom. The number of nitrogens with zero attached hydrogens (tertiary/aromatic N) is 1. The molecule has 0 amide bonds. The summed E-state index contributed by atoms with van der Waals surface area (Å²) in [5, 5.41) is 3.70. The Balaban J connectivity index is 2.58. The van der Waals surface area contributed by atoms with E-state index in [1.165, 1.54) is 9.79 Å².